The van der Waals surface area contributed by atoms with Crippen molar-refractivity contribution in [1.82, 2.24) is 10.3 Å². The molecule has 0 atom stereocenters. The zero-order valence-corrected chi connectivity index (χ0v) is 11.3. The number of rotatable bonds is 6. The normalized spacial score (nSPS) is 10.4. The van der Waals surface area contributed by atoms with Crippen LogP contribution in [0.3, 0.4) is 0 Å². The average Bonchev–Trinajstić information content (AvgIpc) is 2.47. The first kappa shape index (κ1) is 14.1. The lowest BCUT2D eigenvalue weighted by atomic mass is 10.2. The molecule has 0 spiro atoms. The van der Waals surface area contributed by atoms with E-state index in [1.54, 1.807) is 31.5 Å². The Balaban J connectivity index is 2.03. The molecule has 2 aromatic rings. The summed E-state index contributed by atoms with van der Waals surface area (Å²) in [6.07, 6.45) is 1.67. The Hall–Kier alpha value is -2.34. The molecule has 0 unspecified atom stereocenters. The van der Waals surface area contributed by atoms with Crippen LogP contribution in [0.5, 0.6) is 5.75 Å². The Morgan fingerprint density at radius 3 is 3.05 bits per heavy atom. The molecule has 106 valence electrons. The largest absolute Gasteiger partial charge is 0.483 e. The molecule has 1 heterocycles. The highest BCUT2D eigenvalue weighted by atomic mass is 16.5. The summed E-state index contributed by atoms with van der Waals surface area (Å²) in [4.78, 5) is 15.8. The third-order valence-corrected chi connectivity index (χ3v) is 2.75. The van der Waals surface area contributed by atoms with Gasteiger partial charge < -0.3 is 20.5 Å². The van der Waals surface area contributed by atoms with E-state index in [9.17, 15) is 4.79 Å². The highest BCUT2D eigenvalue weighted by molar-refractivity contribution is 5.94. The Bertz CT molecular complexity index is 601. The number of carbonyl (C=O) groups is 1. The van der Waals surface area contributed by atoms with Crippen LogP contribution in [0.2, 0.25) is 0 Å². The molecule has 0 aliphatic heterocycles. The summed E-state index contributed by atoms with van der Waals surface area (Å²) in [5.74, 6) is 0.389. The van der Waals surface area contributed by atoms with Gasteiger partial charge in [0.15, 0.2) is 6.61 Å². The monoisotopic (exact) mass is 275 g/mol. The van der Waals surface area contributed by atoms with Crippen molar-refractivity contribution in [2.75, 3.05) is 32.6 Å². The van der Waals surface area contributed by atoms with Crippen molar-refractivity contribution < 1.29 is 14.3 Å². The summed E-state index contributed by atoms with van der Waals surface area (Å²) in [5, 5.41) is 3.47. The van der Waals surface area contributed by atoms with Gasteiger partial charge in [0, 0.05) is 25.2 Å². The van der Waals surface area contributed by atoms with Crippen LogP contribution in [0.4, 0.5) is 5.69 Å². The molecule has 0 saturated carbocycles. The van der Waals surface area contributed by atoms with E-state index < -0.39 is 0 Å². The molecular formula is C14H17N3O3. The standard InChI is InChI=1S/C14H17N3O3/c1-19-8-7-16-13(18)9-20-12-5-4-11(15)14-10(12)3-2-6-17-14/h2-6H,7-9,15H2,1H3,(H,16,18). The number of carbonyl (C=O) groups excluding carboxylic acids is 1. The lowest BCUT2D eigenvalue weighted by Crippen LogP contribution is -2.31. The summed E-state index contributed by atoms with van der Waals surface area (Å²) in [7, 11) is 1.58. The van der Waals surface area contributed by atoms with Gasteiger partial charge in [-0.3, -0.25) is 9.78 Å². The third kappa shape index (κ3) is 3.36. The molecule has 6 heteroatoms. The number of nitrogens with two attached hydrogens (primary N) is 1. The number of nitrogens with zero attached hydrogens (tertiary/aromatic N) is 1. The summed E-state index contributed by atoms with van der Waals surface area (Å²) >= 11 is 0. The number of amides is 1. The van der Waals surface area contributed by atoms with Gasteiger partial charge in [0.2, 0.25) is 0 Å². The van der Waals surface area contributed by atoms with Crippen molar-refractivity contribution in [1.29, 1.82) is 0 Å². The highest BCUT2D eigenvalue weighted by Gasteiger charge is 2.08. The molecule has 1 amide bonds. The smallest absolute Gasteiger partial charge is 0.258 e. The predicted molar refractivity (Wildman–Crippen MR) is 76.5 cm³/mol. The second-order valence-corrected chi connectivity index (χ2v) is 4.18. The van der Waals surface area contributed by atoms with Gasteiger partial charge in [-0.25, -0.2) is 0 Å². The van der Waals surface area contributed by atoms with Crippen LogP contribution in [-0.2, 0) is 9.53 Å². The van der Waals surface area contributed by atoms with E-state index in [2.05, 4.69) is 10.3 Å². The van der Waals surface area contributed by atoms with E-state index in [-0.39, 0.29) is 12.5 Å². The zero-order chi connectivity index (χ0) is 14.4. The fourth-order valence-corrected chi connectivity index (χ4v) is 1.78. The van der Waals surface area contributed by atoms with E-state index in [4.69, 9.17) is 15.2 Å². The van der Waals surface area contributed by atoms with Crippen LogP contribution >= 0.6 is 0 Å². The number of fused-ring (bicyclic) bond motifs is 1. The summed E-state index contributed by atoms with van der Waals surface area (Å²) < 4.78 is 10.4. The number of aromatic nitrogens is 1. The van der Waals surface area contributed by atoms with Crippen molar-refractivity contribution in [2.45, 2.75) is 0 Å². The van der Waals surface area contributed by atoms with Gasteiger partial charge in [0.05, 0.1) is 17.8 Å². The summed E-state index contributed by atoms with van der Waals surface area (Å²) in [6.45, 7) is 0.876. The van der Waals surface area contributed by atoms with Crippen LogP contribution in [0.1, 0.15) is 0 Å². The molecule has 1 aromatic carbocycles. The molecule has 6 nitrogen and oxygen atoms in total. The Morgan fingerprint density at radius 2 is 2.25 bits per heavy atom. The van der Waals surface area contributed by atoms with E-state index >= 15 is 0 Å². The van der Waals surface area contributed by atoms with E-state index in [0.29, 0.717) is 30.1 Å². The quantitative estimate of drug-likeness (QED) is 0.605. The van der Waals surface area contributed by atoms with Crippen LogP contribution < -0.4 is 15.8 Å². The predicted octanol–water partition coefficient (Wildman–Crippen LogP) is 0.958. The third-order valence-electron chi connectivity index (χ3n) is 2.75. The average molecular weight is 275 g/mol. The fourth-order valence-electron chi connectivity index (χ4n) is 1.78. The number of hydrogen-bond acceptors (Lipinski definition) is 5. The fraction of sp³-hybridized carbons (Fsp3) is 0.286. The number of nitrogens with one attached hydrogen (secondary N) is 1. The zero-order valence-electron chi connectivity index (χ0n) is 11.3. The van der Waals surface area contributed by atoms with Crippen LogP contribution in [0.25, 0.3) is 10.9 Å². The maximum atomic E-state index is 11.6. The number of ether oxygens (including phenoxy) is 2. The van der Waals surface area contributed by atoms with Gasteiger partial charge in [0.1, 0.15) is 5.75 Å². The maximum absolute atomic E-state index is 11.6. The second-order valence-electron chi connectivity index (χ2n) is 4.18. The van der Waals surface area contributed by atoms with Gasteiger partial charge in [-0.15, -0.1) is 0 Å². The van der Waals surface area contributed by atoms with Crippen LogP contribution in [0, 0.1) is 0 Å². The van der Waals surface area contributed by atoms with Crippen molar-refractivity contribution in [3.63, 3.8) is 0 Å². The number of anilines is 1. The first-order valence-corrected chi connectivity index (χ1v) is 6.24. The van der Waals surface area contributed by atoms with Gasteiger partial charge in [-0.1, -0.05) is 0 Å². The minimum absolute atomic E-state index is 0.0579. The molecule has 3 N–H and O–H groups in total. The minimum Gasteiger partial charge on any atom is -0.483 e. The lowest BCUT2D eigenvalue weighted by molar-refractivity contribution is -0.123. The number of benzene rings is 1. The first-order valence-electron chi connectivity index (χ1n) is 6.24. The molecule has 0 saturated heterocycles. The number of pyridine rings is 1. The number of methoxy groups -OCH3 is 1. The second kappa shape index (κ2) is 6.72. The van der Waals surface area contributed by atoms with E-state index in [0.717, 1.165) is 5.39 Å². The van der Waals surface area contributed by atoms with Gasteiger partial charge in [-0.2, -0.15) is 0 Å². The Labute approximate surface area is 116 Å². The van der Waals surface area contributed by atoms with Gasteiger partial charge in [-0.05, 0) is 24.3 Å². The first-order chi connectivity index (χ1) is 9.72. The Morgan fingerprint density at radius 1 is 1.40 bits per heavy atom. The maximum Gasteiger partial charge on any atom is 0.258 e. The number of hydrogen-bond donors (Lipinski definition) is 2. The van der Waals surface area contributed by atoms with Gasteiger partial charge in [0.25, 0.3) is 5.91 Å². The van der Waals surface area contributed by atoms with Crippen molar-refractivity contribution in [3.05, 3.63) is 30.5 Å². The molecule has 20 heavy (non-hydrogen) atoms. The molecule has 0 bridgehead atoms. The van der Waals surface area contributed by atoms with Gasteiger partial charge >= 0.3 is 0 Å². The molecule has 0 aliphatic rings. The van der Waals surface area contributed by atoms with E-state index in [1.807, 2.05) is 6.07 Å². The molecular weight excluding hydrogens is 258 g/mol. The van der Waals surface area contributed by atoms with E-state index in [1.165, 1.54) is 0 Å². The molecule has 0 aliphatic carbocycles. The van der Waals surface area contributed by atoms with Crippen molar-refractivity contribution >= 4 is 22.5 Å². The van der Waals surface area contributed by atoms with Crippen molar-refractivity contribution in [2.24, 2.45) is 0 Å². The SMILES string of the molecule is COCCNC(=O)COc1ccc(N)c2ncccc12. The van der Waals surface area contributed by atoms with Crippen molar-refractivity contribution in [3.8, 4) is 5.75 Å². The summed E-state index contributed by atoms with van der Waals surface area (Å²) in [5.41, 5.74) is 7.10. The molecule has 0 fully saturated rings. The summed E-state index contributed by atoms with van der Waals surface area (Å²) in [6, 6.07) is 7.11. The topological polar surface area (TPSA) is 86.5 Å². The number of nitrogen functional groups attached to an aromatic ring is 1. The molecule has 0 radical (unpaired) electrons. The van der Waals surface area contributed by atoms with Crippen LogP contribution in [0.15, 0.2) is 30.5 Å². The molecule has 1 aromatic heterocycles. The Kier molecular flexibility index (Phi) is 4.73. The molecule has 2 rings (SSSR count). The van der Waals surface area contributed by atoms with Crippen LogP contribution in [-0.4, -0.2) is 37.8 Å². The highest BCUT2D eigenvalue weighted by Crippen LogP contribution is 2.28. The lowest BCUT2D eigenvalue weighted by Gasteiger charge is -2.10. The minimum atomic E-state index is -0.198.